The van der Waals surface area contributed by atoms with Crippen LogP contribution in [0.2, 0.25) is 5.54 Å². The molecule has 0 spiro atoms. The Kier molecular flexibility index (Phi) is 2.08. The smallest absolute Gasteiger partial charge is 0.0654 e. The summed E-state index contributed by atoms with van der Waals surface area (Å²) in [5.41, 5.74) is 1.08. The Morgan fingerprint density at radius 2 is 1.82 bits per heavy atom. The van der Waals surface area contributed by atoms with E-state index in [0.717, 1.165) is 5.54 Å². The molecule has 1 aliphatic carbocycles. The van der Waals surface area contributed by atoms with E-state index in [2.05, 4.69) is 30.3 Å². The maximum absolute atomic E-state index is 2.27. The first-order valence-electron chi connectivity index (χ1n) is 4.35. The van der Waals surface area contributed by atoms with E-state index >= 15 is 0 Å². The monoisotopic (exact) mass is 161 g/mol. The average Bonchev–Trinajstić information content (AvgIpc) is 1.99. The minimum Gasteiger partial charge on any atom is -0.0654 e. The van der Waals surface area contributed by atoms with Crippen molar-refractivity contribution in [2.45, 2.75) is 24.8 Å². The van der Waals surface area contributed by atoms with Crippen LogP contribution in [0.4, 0.5) is 0 Å². The highest BCUT2D eigenvalue weighted by Crippen LogP contribution is 2.30. The zero-order valence-corrected chi connectivity index (χ0v) is 7.82. The van der Waals surface area contributed by atoms with Gasteiger partial charge in [0.1, 0.15) is 0 Å². The summed E-state index contributed by atoms with van der Waals surface area (Å²) >= 11 is 0. The fourth-order valence-corrected chi connectivity index (χ4v) is 3.24. The van der Waals surface area contributed by atoms with E-state index in [1.807, 2.05) is 0 Å². The van der Waals surface area contributed by atoms with Gasteiger partial charge in [0.25, 0.3) is 0 Å². The van der Waals surface area contributed by atoms with Gasteiger partial charge >= 0.3 is 0 Å². The molecule has 11 heavy (non-hydrogen) atoms. The van der Waals surface area contributed by atoms with Crippen molar-refractivity contribution < 1.29 is 0 Å². The van der Waals surface area contributed by atoms with Gasteiger partial charge in [-0.1, -0.05) is 54.8 Å². The summed E-state index contributed by atoms with van der Waals surface area (Å²) in [5.74, 6) is 0. The molecule has 1 fully saturated rings. The Morgan fingerprint density at radius 1 is 1.09 bits per heavy atom. The van der Waals surface area contributed by atoms with Crippen molar-refractivity contribution in [1.29, 1.82) is 0 Å². The molecular weight excluding hydrogens is 148 g/mol. The molecule has 0 unspecified atom stereocenters. The summed E-state index contributed by atoms with van der Waals surface area (Å²) in [7, 11) is 0.582. The molecular formula is C10H13Si. The molecule has 1 aromatic rings. The van der Waals surface area contributed by atoms with Crippen LogP contribution in [0.3, 0.4) is 0 Å². The molecule has 1 heteroatoms. The molecule has 1 saturated carbocycles. The number of benzene rings is 1. The molecule has 0 nitrogen and oxygen atoms in total. The van der Waals surface area contributed by atoms with E-state index in [1.54, 1.807) is 5.19 Å². The maximum Gasteiger partial charge on any atom is 0.0700 e. The lowest BCUT2D eigenvalue weighted by molar-refractivity contribution is 0.501. The third-order valence-corrected chi connectivity index (χ3v) is 4.29. The van der Waals surface area contributed by atoms with Crippen LogP contribution in [0.25, 0.3) is 0 Å². The van der Waals surface area contributed by atoms with E-state index < -0.39 is 0 Å². The first kappa shape index (κ1) is 7.11. The molecule has 0 aromatic heterocycles. The first-order chi connectivity index (χ1) is 5.45. The van der Waals surface area contributed by atoms with Crippen LogP contribution in [0.5, 0.6) is 0 Å². The van der Waals surface area contributed by atoms with Crippen molar-refractivity contribution in [3.05, 3.63) is 30.3 Å². The van der Waals surface area contributed by atoms with Crippen molar-refractivity contribution >= 4 is 14.7 Å². The van der Waals surface area contributed by atoms with Crippen molar-refractivity contribution in [2.75, 3.05) is 0 Å². The van der Waals surface area contributed by atoms with Gasteiger partial charge in [0.15, 0.2) is 0 Å². The zero-order chi connectivity index (χ0) is 7.52. The Labute approximate surface area is 70.5 Å². The SMILES string of the molecule is c1ccc([SiH]C2CCC2)cc1. The van der Waals surface area contributed by atoms with Gasteiger partial charge in [-0.2, -0.15) is 0 Å². The molecule has 0 aliphatic heterocycles. The molecule has 1 radical (unpaired) electrons. The molecule has 0 atom stereocenters. The van der Waals surface area contributed by atoms with Crippen LogP contribution >= 0.6 is 0 Å². The molecule has 1 aromatic carbocycles. The third-order valence-electron chi connectivity index (χ3n) is 2.38. The fraction of sp³-hybridized carbons (Fsp3) is 0.400. The highest BCUT2D eigenvalue weighted by Gasteiger charge is 2.17. The van der Waals surface area contributed by atoms with Gasteiger partial charge in [-0.15, -0.1) is 0 Å². The van der Waals surface area contributed by atoms with Gasteiger partial charge in [0, 0.05) is 0 Å². The predicted octanol–water partition coefficient (Wildman–Crippen LogP) is 1.72. The summed E-state index contributed by atoms with van der Waals surface area (Å²) in [4.78, 5) is 0. The first-order valence-corrected chi connectivity index (χ1v) is 5.59. The second-order valence-electron chi connectivity index (χ2n) is 3.27. The van der Waals surface area contributed by atoms with E-state index in [0.29, 0.717) is 9.52 Å². The summed E-state index contributed by atoms with van der Waals surface area (Å²) in [6.07, 6.45) is 4.46. The number of hydrogen-bond acceptors (Lipinski definition) is 0. The fourth-order valence-electron chi connectivity index (χ4n) is 1.44. The van der Waals surface area contributed by atoms with Gasteiger partial charge in [-0.25, -0.2) is 0 Å². The van der Waals surface area contributed by atoms with Crippen LogP contribution in [-0.4, -0.2) is 9.52 Å². The molecule has 0 amide bonds. The van der Waals surface area contributed by atoms with Gasteiger partial charge in [0.2, 0.25) is 0 Å². The van der Waals surface area contributed by atoms with Crippen LogP contribution in [0.15, 0.2) is 30.3 Å². The zero-order valence-electron chi connectivity index (χ0n) is 6.66. The lowest BCUT2D eigenvalue weighted by Gasteiger charge is -2.24. The number of rotatable bonds is 2. The minimum absolute atomic E-state index is 0.582. The van der Waals surface area contributed by atoms with Crippen molar-refractivity contribution in [3.8, 4) is 0 Å². The van der Waals surface area contributed by atoms with Crippen LogP contribution in [0.1, 0.15) is 19.3 Å². The normalized spacial score (nSPS) is 17.8. The highest BCUT2D eigenvalue weighted by molar-refractivity contribution is 6.55. The van der Waals surface area contributed by atoms with E-state index in [9.17, 15) is 0 Å². The predicted molar refractivity (Wildman–Crippen MR) is 50.8 cm³/mol. The summed E-state index contributed by atoms with van der Waals surface area (Å²) in [6, 6.07) is 11.0. The van der Waals surface area contributed by atoms with Crippen LogP contribution in [0, 0.1) is 0 Å². The lowest BCUT2D eigenvalue weighted by atomic mass is 10.00. The molecule has 0 N–H and O–H groups in total. The standard InChI is InChI=1S/C10H13Si/c1-2-5-9(6-3-1)11-10-7-4-8-10/h1-3,5-6,10-11H,4,7-8H2. The van der Waals surface area contributed by atoms with E-state index in [1.165, 1.54) is 19.3 Å². The highest BCUT2D eigenvalue weighted by atomic mass is 28.2. The molecule has 57 valence electrons. The largest absolute Gasteiger partial charge is 0.0700 e. The Bertz CT molecular complexity index is 214. The molecule has 0 saturated heterocycles. The van der Waals surface area contributed by atoms with Crippen LogP contribution in [-0.2, 0) is 0 Å². The summed E-state index contributed by atoms with van der Waals surface area (Å²) in [6.45, 7) is 0. The maximum atomic E-state index is 2.27. The quantitative estimate of drug-likeness (QED) is 0.579. The topological polar surface area (TPSA) is 0 Å². The Hall–Kier alpha value is -0.563. The van der Waals surface area contributed by atoms with Crippen molar-refractivity contribution in [2.24, 2.45) is 0 Å². The summed E-state index contributed by atoms with van der Waals surface area (Å²) in [5, 5.41) is 1.59. The van der Waals surface area contributed by atoms with Crippen molar-refractivity contribution in [1.82, 2.24) is 0 Å². The second-order valence-corrected chi connectivity index (χ2v) is 5.21. The van der Waals surface area contributed by atoms with Gasteiger partial charge in [0.05, 0.1) is 9.52 Å². The molecule has 0 bridgehead atoms. The summed E-state index contributed by atoms with van der Waals surface area (Å²) < 4.78 is 0. The second kappa shape index (κ2) is 3.22. The van der Waals surface area contributed by atoms with Gasteiger partial charge < -0.3 is 0 Å². The van der Waals surface area contributed by atoms with Crippen molar-refractivity contribution in [3.63, 3.8) is 0 Å². The van der Waals surface area contributed by atoms with Gasteiger partial charge in [-0.05, 0) is 5.54 Å². The van der Waals surface area contributed by atoms with E-state index in [-0.39, 0.29) is 0 Å². The molecule has 2 rings (SSSR count). The van der Waals surface area contributed by atoms with Crippen LogP contribution < -0.4 is 5.19 Å². The molecule has 0 heterocycles. The Morgan fingerprint density at radius 3 is 2.36 bits per heavy atom. The molecule has 1 aliphatic rings. The Balaban J connectivity index is 1.95. The van der Waals surface area contributed by atoms with Gasteiger partial charge in [-0.3, -0.25) is 0 Å². The third kappa shape index (κ3) is 1.72. The number of hydrogen-bond donors (Lipinski definition) is 0. The van der Waals surface area contributed by atoms with E-state index in [4.69, 9.17) is 0 Å². The minimum atomic E-state index is 0.582. The lowest BCUT2D eigenvalue weighted by Crippen LogP contribution is -2.23. The average molecular weight is 161 g/mol.